The zero-order valence-electron chi connectivity index (χ0n) is 7.74. The van der Waals surface area contributed by atoms with E-state index in [-0.39, 0.29) is 5.50 Å². The number of hydrogen-bond donors (Lipinski definition) is 3. The Kier molecular flexibility index (Phi) is 3.80. The highest BCUT2D eigenvalue weighted by Gasteiger charge is 2.15. The lowest BCUT2D eigenvalue weighted by Gasteiger charge is -2.27. The molecule has 0 aromatic heterocycles. The summed E-state index contributed by atoms with van der Waals surface area (Å²) in [5, 5.41) is 6.43. The van der Waals surface area contributed by atoms with Gasteiger partial charge in [-0.05, 0) is 18.6 Å². The Hall–Kier alpha value is -0.490. The van der Waals surface area contributed by atoms with Gasteiger partial charge in [0.25, 0.3) is 0 Å². The van der Waals surface area contributed by atoms with Gasteiger partial charge >= 0.3 is 0 Å². The van der Waals surface area contributed by atoms with Crippen LogP contribution in [-0.4, -0.2) is 35.1 Å². The van der Waals surface area contributed by atoms with Gasteiger partial charge in [-0.2, -0.15) is 0 Å². The lowest BCUT2D eigenvalue weighted by molar-refractivity contribution is 0.481. The SMILES string of the molecule is CCCN(C)C1=NC(S)NC(=S)N1. The first-order valence-corrected chi connectivity index (χ1v) is 5.10. The van der Waals surface area contributed by atoms with Crippen LogP contribution in [0.1, 0.15) is 13.3 Å². The Labute approximate surface area is 89.2 Å². The number of thiocarbonyl (C=S) groups is 1. The molecule has 74 valence electrons. The van der Waals surface area contributed by atoms with Crippen LogP contribution in [0.25, 0.3) is 0 Å². The monoisotopic (exact) mass is 218 g/mol. The molecule has 6 heteroatoms. The Morgan fingerprint density at radius 3 is 2.92 bits per heavy atom. The molecule has 1 rings (SSSR count). The molecule has 2 N–H and O–H groups in total. The Morgan fingerprint density at radius 1 is 1.69 bits per heavy atom. The summed E-state index contributed by atoms with van der Waals surface area (Å²) in [5.74, 6) is 0.783. The van der Waals surface area contributed by atoms with E-state index in [1.54, 1.807) is 0 Å². The predicted molar refractivity (Wildman–Crippen MR) is 62.0 cm³/mol. The third-order valence-corrected chi connectivity index (χ3v) is 2.12. The molecule has 1 atom stereocenters. The van der Waals surface area contributed by atoms with Crippen LogP contribution in [0, 0.1) is 0 Å². The van der Waals surface area contributed by atoms with Crippen molar-refractivity contribution in [3.8, 4) is 0 Å². The maximum absolute atomic E-state index is 4.98. The van der Waals surface area contributed by atoms with E-state index in [9.17, 15) is 0 Å². The Bertz CT molecular complexity index is 229. The second kappa shape index (κ2) is 4.66. The van der Waals surface area contributed by atoms with E-state index in [0.29, 0.717) is 5.11 Å². The lowest BCUT2D eigenvalue weighted by Crippen LogP contribution is -2.53. The largest absolute Gasteiger partial charge is 0.346 e. The number of thiol groups is 1. The maximum Gasteiger partial charge on any atom is 0.202 e. The molecule has 1 aliphatic heterocycles. The van der Waals surface area contributed by atoms with Crippen LogP contribution in [0.4, 0.5) is 0 Å². The molecule has 0 radical (unpaired) electrons. The summed E-state index contributed by atoms with van der Waals surface area (Å²) < 4.78 is 0. The van der Waals surface area contributed by atoms with Gasteiger partial charge in [-0.25, -0.2) is 4.99 Å². The fourth-order valence-corrected chi connectivity index (χ4v) is 1.60. The second-order valence-electron chi connectivity index (χ2n) is 2.85. The molecule has 0 saturated heterocycles. The first-order valence-electron chi connectivity index (χ1n) is 4.18. The molecule has 0 amide bonds. The quantitative estimate of drug-likeness (QED) is 0.463. The molecule has 0 bridgehead atoms. The second-order valence-corrected chi connectivity index (χ2v) is 3.74. The highest BCUT2D eigenvalue weighted by atomic mass is 32.1. The first kappa shape index (κ1) is 10.6. The van der Waals surface area contributed by atoms with Crippen molar-refractivity contribution in [1.29, 1.82) is 0 Å². The number of rotatable bonds is 2. The van der Waals surface area contributed by atoms with Crippen molar-refractivity contribution in [3.05, 3.63) is 0 Å². The van der Waals surface area contributed by atoms with Crippen molar-refractivity contribution >= 4 is 35.9 Å². The molecule has 4 nitrogen and oxygen atoms in total. The molecular formula is C7H14N4S2. The number of nitrogens with one attached hydrogen (secondary N) is 2. The van der Waals surface area contributed by atoms with Crippen molar-refractivity contribution in [3.63, 3.8) is 0 Å². The highest BCUT2D eigenvalue weighted by Crippen LogP contribution is 2.00. The average Bonchev–Trinajstić information content (AvgIpc) is 2.03. The van der Waals surface area contributed by atoms with Gasteiger partial charge in [0.2, 0.25) is 5.96 Å². The van der Waals surface area contributed by atoms with Crippen LogP contribution >= 0.6 is 24.8 Å². The van der Waals surface area contributed by atoms with E-state index in [4.69, 9.17) is 12.2 Å². The molecule has 0 fully saturated rings. The Morgan fingerprint density at radius 2 is 2.38 bits per heavy atom. The third-order valence-electron chi connectivity index (χ3n) is 1.65. The molecular weight excluding hydrogens is 204 g/mol. The standard InChI is InChI=1S/C7H14N4S2/c1-3-4-11(2)5-8-6(12)10-7(13)9-5/h6,12H,3-4H2,1-2H3,(H2,8,9,10,13). The molecule has 1 unspecified atom stereocenters. The number of guanidine groups is 1. The van der Waals surface area contributed by atoms with Gasteiger partial charge in [0.15, 0.2) is 10.6 Å². The van der Waals surface area contributed by atoms with Gasteiger partial charge < -0.3 is 15.5 Å². The average molecular weight is 218 g/mol. The minimum atomic E-state index is -0.233. The number of aliphatic imine (C=N–C) groups is 1. The molecule has 0 saturated carbocycles. The van der Waals surface area contributed by atoms with Crippen molar-refractivity contribution < 1.29 is 0 Å². The van der Waals surface area contributed by atoms with Gasteiger partial charge in [0.05, 0.1) is 0 Å². The fourth-order valence-electron chi connectivity index (χ4n) is 1.07. The van der Waals surface area contributed by atoms with Gasteiger partial charge in [-0.3, -0.25) is 0 Å². The van der Waals surface area contributed by atoms with Crippen LogP contribution in [0.15, 0.2) is 4.99 Å². The molecule has 0 aromatic carbocycles. The van der Waals surface area contributed by atoms with E-state index >= 15 is 0 Å². The van der Waals surface area contributed by atoms with E-state index < -0.39 is 0 Å². The van der Waals surface area contributed by atoms with Gasteiger partial charge in [0, 0.05) is 13.6 Å². The minimum absolute atomic E-state index is 0.233. The van der Waals surface area contributed by atoms with Crippen LogP contribution in [0.2, 0.25) is 0 Å². The molecule has 0 aromatic rings. The summed E-state index contributed by atoms with van der Waals surface area (Å²) in [5.41, 5.74) is -0.233. The van der Waals surface area contributed by atoms with Crippen molar-refractivity contribution in [2.24, 2.45) is 4.99 Å². The molecule has 0 spiro atoms. The van der Waals surface area contributed by atoms with Crippen molar-refractivity contribution in [2.45, 2.75) is 18.8 Å². The van der Waals surface area contributed by atoms with Crippen LogP contribution in [0.3, 0.4) is 0 Å². The zero-order chi connectivity index (χ0) is 9.84. The number of hydrogen-bond acceptors (Lipinski definition) is 4. The summed E-state index contributed by atoms with van der Waals surface area (Å²) in [7, 11) is 1.98. The summed E-state index contributed by atoms with van der Waals surface area (Å²) in [4.78, 5) is 6.27. The maximum atomic E-state index is 4.98. The molecule has 13 heavy (non-hydrogen) atoms. The van der Waals surface area contributed by atoms with E-state index in [1.165, 1.54) is 0 Å². The third kappa shape index (κ3) is 3.04. The molecule has 0 aliphatic carbocycles. The lowest BCUT2D eigenvalue weighted by atomic mass is 10.4. The van der Waals surface area contributed by atoms with E-state index in [0.717, 1.165) is 18.9 Å². The Balaban J connectivity index is 2.62. The van der Waals surface area contributed by atoms with Crippen LogP contribution in [0.5, 0.6) is 0 Å². The van der Waals surface area contributed by atoms with E-state index in [1.807, 2.05) is 11.9 Å². The predicted octanol–water partition coefficient (Wildman–Crippen LogP) is 0.375. The van der Waals surface area contributed by atoms with Crippen molar-refractivity contribution in [2.75, 3.05) is 13.6 Å². The van der Waals surface area contributed by atoms with Gasteiger partial charge in [-0.1, -0.05) is 6.92 Å². The van der Waals surface area contributed by atoms with Crippen molar-refractivity contribution in [1.82, 2.24) is 15.5 Å². The first-order chi connectivity index (χ1) is 6.13. The summed E-state index contributed by atoms with van der Waals surface area (Å²) in [6, 6.07) is 0. The molecule has 1 heterocycles. The normalized spacial score (nSPS) is 21.6. The topological polar surface area (TPSA) is 39.7 Å². The van der Waals surface area contributed by atoms with Crippen LogP contribution < -0.4 is 10.6 Å². The summed E-state index contributed by atoms with van der Waals surface area (Å²) in [6.45, 7) is 3.07. The molecule has 1 aliphatic rings. The van der Waals surface area contributed by atoms with Crippen LogP contribution in [-0.2, 0) is 0 Å². The zero-order valence-corrected chi connectivity index (χ0v) is 9.45. The minimum Gasteiger partial charge on any atom is -0.346 e. The fraction of sp³-hybridized carbons (Fsp3) is 0.714. The number of nitrogens with zero attached hydrogens (tertiary/aromatic N) is 2. The highest BCUT2D eigenvalue weighted by molar-refractivity contribution is 7.81. The summed E-state index contributed by atoms with van der Waals surface area (Å²) >= 11 is 9.17. The van der Waals surface area contributed by atoms with Gasteiger partial charge in [0.1, 0.15) is 0 Å². The van der Waals surface area contributed by atoms with Gasteiger partial charge in [-0.15, -0.1) is 12.6 Å². The summed E-state index contributed by atoms with van der Waals surface area (Å²) in [6.07, 6.45) is 1.08. The smallest absolute Gasteiger partial charge is 0.202 e. The van der Waals surface area contributed by atoms with E-state index in [2.05, 4.69) is 35.2 Å².